The predicted octanol–water partition coefficient (Wildman–Crippen LogP) is -2.25. The van der Waals surface area contributed by atoms with E-state index in [4.69, 9.17) is 5.11 Å². The monoisotopic (exact) mass is 174 g/mol. The molecule has 6 nitrogen and oxygen atoms in total. The van der Waals surface area contributed by atoms with Crippen LogP contribution >= 0.6 is 0 Å². The summed E-state index contributed by atoms with van der Waals surface area (Å²) in [5.74, 6) is -3.75. The Labute approximate surface area is 66.7 Å². The number of carbonyl (C=O) groups excluding carboxylic acids is 3. The Hall–Kier alpha value is -1.27. The first-order valence-corrected chi connectivity index (χ1v) is 3.08. The molecule has 1 rings (SSSR count). The Kier molecular flexibility index (Phi) is 1.73. The van der Waals surface area contributed by atoms with Gasteiger partial charge in [0.25, 0.3) is 5.60 Å². The van der Waals surface area contributed by atoms with Gasteiger partial charge in [0.15, 0.2) is 11.9 Å². The van der Waals surface area contributed by atoms with Crippen molar-refractivity contribution in [3.05, 3.63) is 0 Å². The number of hydrogen-bond acceptors (Lipinski definition) is 6. The first-order chi connectivity index (χ1) is 5.40. The second-order valence-corrected chi connectivity index (χ2v) is 2.43. The number of rotatable bonds is 1. The highest BCUT2D eigenvalue weighted by Gasteiger charge is 2.60. The summed E-state index contributed by atoms with van der Waals surface area (Å²) in [4.78, 5) is 31.9. The highest BCUT2D eigenvalue weighted by atomic mass is 16.6. The van der Waals surface area contributed by atoms with Crippen molar-refractivity contribution in [2.24, 2.45) is 0 Å². The van der Waals surface area contributed by atoms with Crippen LogP contribution in [0.1, 0.15) is 6.92 Å². The number of cyclic esters (lactones) is 2. The molecular weight excluding hydrogens is 168 g/mol. The predicted molar refractivity (Wildman–Crippen MR) is 32.7 cm³/mol. The van der Waals surface area contributed by atoms with Crippen molar-refractivity contribution in [3.63, 3.8) is 0 Å². The SMILES string of the molecule is CC(=O)C1(O)C(=O)OC(=O)C1O. The van der Waals surface area contributed by atoms with Crippen LogP contribution in [0, 0.1) is 0 Å². The summed E-state index contributed by atoms with van der Waals surface area (Å²) < 4.78 is 3.85. The Morgan fingerprint density at radius 2 is 2.08 bits per heavy atom. The maximum Gasteiger partial charge on any atom is 0.357 e. The number of ketones is 1. The van der Waals surface area contributed by atoms with Gasteiger partial charge in [0.2, 0.25) is 0 Å². The molecule has 2 unspecified atom stereocenters. The number of aliphatic hydroxyl groups excluding tert-OH is 1. The van der Waals surface area contributed by atoms with E-state index in [9.17, 15) is 19.5 Å². The van der Waals surface area contributed by atoms with Crippen LogP contribution in [0.25, 0.3) is 0 Å². The molecule has 0 aromatic rings. The molecule has 12 heavy (non-hydrogen) atoms. The summed E-state index contributed by atoms with van der Waals surface area (Å²) >= 11 is 0. The van der Waals surface area contributed by atoms with E-state index in [1.165, 1.54) is 0 Å². The zero-order valence-electron chi connectivity index (χ0n) is 6.10. The van der Waals surface area contributed by atoms with Crippen molar-refractivity contribution in [2.75, 3.05) is 0 Å². The van der Waals surface area contributed by atoms with Crippen molar-refractivity contribution < 1.29 is 29.3 Å². The Morgan fingerprint density at radius 1 is 1.58 bits per heavy atom. The summed E-state index contributed by atoms with van der Waals surface area (Å²) in [6.07, 6.45) is -2.11. The number of ether oxygens (including phenoxy) is 1. The fourth-order valence-corrected chi connectivity index (χ4v) is 0.843. The van der Waals surface area contributed by atoms with E-state index in [-0.39, 0.29) is 0 Å². The van der Waals surface area contributed by atoms with Crippen LogP contribution in [0.15, 0.2) is 0 Å². The van der Waals surface area contributed by atoms with Gasteiger partial charge in [-0.15, -0.1) is 0 Å². The van der Waals surface area contributed by atoms with Crippen LogP contribution in [0.5, 0.6) is 0 Å². The number of aliphatic hydroxyl groups is 2. The summed E-state index contributed by atoms with van der Waals surface area (Å²) in [6.45, 7) is 0.878. The molecule has 1 aliphatic rings. The van der Waals surface area contributed by atoms with Gasteiger partial charge in [-0.05, 0) is 6.92 Å². The van der Waals surface area contributed by atoms with E-state index in [0.29, 0.717) is 0 Å². The quantitative estimate of drug-likeness (QED) is 0.344. The molecule has 2 N–H and O–H groups in total. The molecule has 0 radical (unpaired) electrons. The molecule has 1 saturated heterocycles. The van der Waals surface area contributed by atoms with E-state index < -0.39 is 29.4 Å². The maximum absolute atomic E-state index is 10.7. The molecule has 6 heteroatoms. The van der Waals surface area contributed by atoms with E-state index in [2.05, 4.69) is 4.74 Å². The highest BCUT2D eigenvalue weighted by molar-refractivity contribution is 6.17. The minimum absolute atomic E-state index is 0.878. The molecule has 0 amide bonds. The lowest BCUT2D eigenvalue weighted by atomic mass is 9.95. The molecular formula is C6H6O6. The van der Waals surface area contributed by atoms with Gasteiger partial charge in [-0.25, -0.2) is 9.59 Å². The zero-order valence-corrected chi connectivity index (χ0v) is 6.10. The molecule has 1 aliphatic heterocycles. The second-order valence-electron chi connectivity index (χ2n) is 2.43. The van der Waals surface area contributed by atoms with Gasteiger partial charge in [-0.1, -0.05) is 0 Å². The fraction of sp³-hybridized carbons (Fsp3) is 0.500. The Balaban J connectivity index is 3.12. The van der Waals surface area contributed by atoms with E-state index in [1.807, 2.05) is 0 Å². The van der Waals surface area contributed by atoms with E-state index >= 15 is 0 Å². The smallest absolute Gasteiger partial charge is 0.357 e. The van der Waals surface area contributed by atoms with Gasteiger partial charge in [-0.3, -0.25) is 4.79 Å². The van der Waals surface area contributed by atoms with Gasteiger partial charge >= 0.3 is 11.9 Å². The lowest BCUT2D eigenvalue weighted by molar-refractivity contribution is -0.162. The molecule has 1 fully saturated rings. The Bertz CT molecular complexity index is 269. The van der Waals surface area contributed by atoms with Crippen LogP contribution in [0.3, 0.4) is 0 Å². The molecule has 0 aliphatic carbocycles. The molecule has 0 spiro atoms. The number of Topliss-reactive ketones (excluding diaryl/α,β-unsaturated/α-hetero) is 1. The van der Waals surface area contributed by atoms with Gasteiger partial charge in [-0.2, -0.15) is 0 Å². The summed E-state index contributed by atoms with van der Waals surface area (Å²) in [5, 5.41) is 18.1. The molecule has 0 aromatic carbocycles. The third-order valence-corrected chi connectivity index (χ3v) is 1.66. The molecule has 0 bridgehead atoms. The summed E-state index contributed by atoms with van der Waals surface area (Å²) in [7, 11) is 0. The van der Waals surface area contributed by atoms with Crippen LogP contribution in [-0.2, 0) is 19.1 Å². The van der Waals surface area contributed by atoms with Gasteiger partial charge in [0.1, 0.15) is 0 Å². The van der Waals surface area contributed by atoms with Crippen molar-refractivity contribution >= 4 is 17.7 Å². The maximum atomic E-state index is 10.7. The average Bonchev–Trinajstić information content (AvgIpc) is 2.16. The molecule has 66 valence electrons. The lowest BCUT2D eigenvalue weighted by Crippen LogP contribution is -2.51. The standard InChI is InChI=1S/C6H6O6/c1-2(7)6(11)3(8)4(9)12-5(6)10/h3,8,11H,1H3. The number of hydrogen-bond donors (Lipinski definition) is 2. The summed E-state index contributed by atoms with van der Waals surface area (Å²) in [5.41, 5.74) is -2.71. The van der Waals surface area contributed by atoms with Crippen LogP contribution in [0.4, 0.5) is 0 Å². The zero-order chi connectivity index (χ0) is 9.52. The van der Waals surface area contributed by atoms with Crippen LogP contribution in [0.2, 0.25) is 0 Å². The van der Waals surface area contributed by atoms with Crippen LogP contribution < -0.4 is 0 Å². The van der Waals surface area contributed by atoms with E-state index in [0.717, 1.165) is 6.92 Å². The second kappa shape index (κ2) is 2.36. The topological polar surface area (TPSA) is 101 Å². The van der Waals surface area contributed by atoms with Crippen molar-refractivity contribution in [1.29, 1.82) is 0 Å². The largest absolute Gasteiger partial charge is 0.388 e. The van der Waals surface area contributed by atoms with Crippen molar-refractivity contribution in [3.8, 4) is 0 Å². The van der Waals surface area contributed by atoms with Gasteiger partial charge in [0.05, 0.1) is 0 Å². The minimum atomic E-state index is -2.71. The molecule has 1 heterocycles. The number of carbonyl (C=O) groups is 3. The first-order valence-electron chi connectivity index (χ1n) is 3.08. The minimum Gasteiger partial charge on any atom is -0.388 e. The summed E-state index contributed by atoms with van der Waals surface area (Å²) in [6, 6.07) is 0. The normalized spacial score (nSPS) is 35.1. The van der Waals surface area contributed by atoms with Crippen LogP contribution in [-0.4, -0.2) is 39.6 Å². The van der Waals surface area contributed by atoms with Crippen molar-refractivity contribution in [1.82, 2.24) is 0 Å². The molecule has 0 saturated carbocycles. The third kappa shape index (κ3) is 0.853. The highest BCUT2D eigenvalue weighted by Crippen LogP contribution is 2.22. The van der Waals surface area contributed by atoms with Crippen molar-refractivity contribution in [2.45, 2.75) is 18.6 Å². The Morgan fingerprint density at radius 3 is 2.25 bits per heavy atom. The lowest BCUT2D eigenvalue weighted by Gasteiger charge is -2.15. The van der Waals surface area contributed by atoms with Gasteiger partial charge in [0, 0.05) is 0 Å². The van der Waals surface area contributed by atoms with Gasteiger partial charge < -0.3 is 14.9 Å². The first kappa shape index (κ1) is 8.82. The molecule has 0 aromatic heterocycles. The number of esters is 2. The van der Waals surface area contributed by atoms with E-state index in [1.54, 1.807) is 0 Å². The third-order valence-electron chi connectivity index (χ3n) is 1.66. The fourth-order valence-electron chi connectivity index (χ4n) is 0.843. The molecule has 2 atom stereocenters. The average molecular weight is 174 g/mol.